The molecule has 0 aromatic carbocycles. The molecule has 0 radical (unpaired) electrons. The van der Waals surface area contributed by atoms with E-state index >= 15 is 0 Å². The zero-order chi connectivity index (χ0) is 6.85. The van der Waals surface area contributed by atoms with Crippen LogP contribution in [0.1, 0.15) is 0 Å². The van der Waals surface area contributed by atoms with Gasteiger partial charge in [-0.2, -0.15) is 4.39 Å². The molecule has 1 aromatic rings. The van der Waals surface area contributed by atoms with Crippen molar-refractivity contribution >= 4 is 28.4 Å². The van der Waals surface area contributed by atoms with E-state index < -0.39 is 5.95 Å². The summed E-state index contributed by atoms with van der Waals surface area (Å²) in [4.78, 5) is 3.38. The second-order valence-corrected chi connectivity index (χ2v) is 2.66. The summed E-state index contributed by atoms with van der Waals surface area (Å²) in [6.45, 7) is 0. The fourth-order valence-corrected chi connectivity index (χ4v) is 0.733. The van der Waals surface area contributed by atoms with Crippen molar-refractivity contribution in [3.05, 3.63) is 21.7 Å². The lowest BCUT2D eigenvalue weighted by Crippen LogP contribution is -1.94. The third-order valence-electron chi connectivity index (χ3n) is 0.839. The number of nitrogens with zero attached hydrogens (tertiary/aromatic N) is 1. The minimum absolute atomic E-state index is 0.246. The lowest BCUT2D eigenvalue weighted by atomic mass is 10.5. The predicted octanol–water partition coefficient (Wildman–Crippen LogP) is 1.41. The van der Waals surface area contributed by atoms with E-state index in [9.17, 15) is 4.39 Å². The Labute approximate surface area is 65.4 Å². The van der Waals surface area contributed by atoms with Gasteiger partial charge in [-0.15, -0.1) is 0 Å². The van der Waals surface area contributed by atoms with Gasteiger partial charge in [0.05, 0.1) is 3.57 Å². The van der Waals surface area contributed by atoms with Crippen molar-refractivity contribution in [2.24, 2.45) is 0 Å². The minimum atomic E-state index is -0.534. The van der Waals surface area contributed by atoms with Crippen molar-refractivity contribution in [2.75, 3.05) is 5.73 Å². The molecule has 0 aliphatic heterocycles. The van der Waals surface area contributed by atoms with Gasteiger partial charge in [0.15, 0.2) is 0 Å². The van der Waals surface area contributed by atoms with Crippen LogP contribution in [-0.4, -0.2) is 4.98 Å². The first kappa shape index (κ1) is 6.73. The molecule has 1 aromatic heterocycles. The van der Waals surface area contributed by atoms with E-state index in [-0.39, 0.29) is 5.82 Å². The summed E-state index contributed by atoms with van der Waals surface area (Å²) in [7, 11) is 0. The van der Waals surface area contributed by atoms with Gasteiger partial charge < -0.3 is 5.73 Å². The van der Waals surface area contributed by atoms with Crippen molar-refractivity contribution < 1.29 is 4.39 Å². The third kappa shape index (κ3) is 1.51. The van der Waals surface area contributed by atoms with E-state index in [1.54, 1.807) is 6.07 Å². The van der Waals surface area contributed by atoms with E-state index in [0.29, 0.717) is 0 Å². The normalized spacial score (nSPS) is 9.56. The van der Waals surface area contributed by atoms with Gasteiger partial charge in [-0.05, 0) is 34.7 Å². The first-order valence-electron chi connectivity index (χ1n) is 2.27. The maximum Gasteiger partial charge on any atom is 0.214 e. The molecule has 0 unspecified atom stereocenters. The largest absolute Gasteiger partial charge is 0.383 e. The van der Waals surface area contributed by atoms with Gasteiger partial charge in [0.25, 0.3) is 0 Å². The smallest absolute Gasteiger partial charge is 0.214 e. The molecular formula is C5H4FIN2. The molecule has 0 fully saturated rings. The Hall–Kier alpha value is -0.390. The highest BCUT2D eigenvalue weighted by atomic mass is 127. The number of rotatable bonds is 0. The van der Waals surface area contributed by atoms with Crippen molar-refractivity contribution in [2.45, 2.75) is 0 Å². The summed E-state index contributed by atoms with van der Waals surface area (Å²) < 4.78 is 12.9. The number of hydrogen-bond acceptors (Lipinski definition) is 2. The van der Waals surface area contributed by atoms with Crippen LogP contribution in [0.5, 0.6) is 0 Å². The van der Waals surface area contributed by atoms with E-state index in [4.69, 9.17) is 5.73 Å². The van der Waals surface area contributed by atoms with Gasteiger partial charge in [0, 0.05) is 0 Å². The molecule has 0 saturated heterocycles. The fraction of sp³-hybridized carbons (Fsp3) is 0. The highest BCUT2D eigenvalue weighted by Gasteiger charge is 1.95. The Kier molecular flexibility index (Phi) is 1.84. The predicted molar refractivity (Wildman–Crippen MR) is 41.3 cm³/mol. The van der Waals surface area contributed by atoms with Crippen LogP contribution in [-0.2, 0) is 0 Å². The molecule has 48 valence electrons. The lowest BCUT2D eigenvalue weighted by Gasteiger charge is -1.93. The maximum atomic E-state index is 12.2. The quantitative estimate of drug-likeness (QED) is 0.548. The number of nitrogen functional groups attached to an aromatic ring is 1. The molecule has 2 N–H and O–H groups in total. The van der Waals surface area contributed by atoms with Crippen molar-refractivity contribution in [3.8, 4) is 0 Å². The standard InChI is InChI=1S/C5H4FIN2/c6-4-2-1-3(7)5(8)9-4/h1-2H,(H2,8,9). The number of anilines is 1. The number of nitrogens with two attached hydrogens (primary N) is 1. The summed E-state index contributed by atoms with van der Waals surface area (Å²) >= 11 is 1.99. The second-order valence-electron chi connectivity index (χ2n) is 1.50. The molecule has 0 atom stereocenters. The third-order valence-corrected chi connectivity index (χ3v) is 1.75. The Balaban J connectivity index is 3.17. The van der Waals surface area contributed by atoms with Crippen LogP contribution in [0.3, 0.4) is 0 Å². The molecule has 9 heavy (non-hydrogen) atoms. The van der Waals surface area contributed by atoms with Crippen LogP contribution in [0.25, 0.3) is 0 Å². The van der Waals surface area contributed by atoms with E-state index in [0.717, 1.165) is 3.57 Å². The van der Waals surface area contributed by atoms with Crippen LogP contribution < -0.4 is 5.73 Å². The van der Waals surface area contributed by atoms with Crippen molar-refractivity contribution in [3.63, 3.8) is 0 Å². The number of hydrogen-bond donors (Lipinski definition) is 1. The fourth-order valence-electron chi connectivity index (χ4n) is 0.433. The molecule has 0 aliphatic rings. The van der Waals surface area contributed by atoms with Crippen LogP contribution in [0.15, 0.2) is 12.1 Å². The molecule has 0 amide bonds. The Morgan fingerprint density at radius 2 is 2.22 bits per heavy atom. The summed E-state index contributed by atoms with van der Waals surface area (Å²) in [5, 5.41) is 0. The number of halogens is 2. The SMILES string of the molecule is Nc1nc(F)ccc1I. The van der Waals surface area contributed by atoms with Crippen molar-refractivity contribution in [1.29, 1.82) is 0 Å². The van der Waals surface area contributed by atoms with E-state index in [2.05, 4.69) is 4.98 Å². The maximum absolute atomic E-state index is 12.2. The van der Waals surface area contributed by atoms with E-state index in [1.807, 2.05) is 22.6 Å². The zero-order valence-electron chi connectivity index (χ0n) is 4.44. The Bertz CT molecular complexity index is 226. The average Bonchev–Trinajstić information content (AvgIpc) is 1.80. The van der Waals surface area contributed by atoms with Gasteiger partial charge in [-0.1, -0.05) is 0 Å². The average molecular weight is 238 g/mol. The Morgan fingerprint density at radius 3 is 2.67 bits per heavy atom. The lowest BCUT2D eigenvalue weighted by molar-refractivity contribution is 0.585. The number of aromatic nitrogens is 1. The van der Waals surface area contributed by atoms with Gasteiger partial charge in [0.1, 0.15) is 5.82 Å². The van der Waals surface area contributed by atoms with Gasteiger partial charge in [-0.3, -0.25) is 0 Å². The summed E-state index contributed by atoms with van der Waals surface area (Å²) in [5.41, 5.74) is 5.26. The minimum Gasteiger partial charge on any atom is -0.383 e. The topological polar surface area (TPSA) is 38.9 Å². The molecule has 4 heteroatoms. The highest BCUT2D eigenvalue weighted by Crippen LogP contribution is 2.10. The Morgan fingerprint density at radius 1 is 1.56 bits per heavy atom. The molecular weight excluding hydrogens is 234 g/mol. The molecule has 0 spiro atoms. The van der Waals surface area contributed by atoms with Crippen LogP contribution in [0, 0.1) is 9.52 Å². The first-order valence-corrected chi connectivity index (χ1v) is 3.35. The van der Waals surface area contributed by atoms with Gasteiger partial charge in [-0.25, -0.2) is 4.98 Å². The zero-order valence-corrected chi connectivity index (χ0v) is 6.59. The molecule has 1 rings (SSSR count). The monoisotopic (exact) mass is 238 g/mol. The van der Waals surface area contributed by atoms with Crippen LogP contribution in [0.2, 0.25) is 0 Å². The van der Waals surface area contributed by atoms with Crippen LogP contribution in [0.4, 0.5) is 10.2 Å². The van der Waals surface area contributed by atoms with Crippen molar-refractivity contribution in [1.82, 2.24) is 4.98 Å². The molecule has 0 saturated carbocycles. The van der Waals surface area contributed by atoms with Gasteiger partial charge in [0.2, 0.25) is 5.95 Å². The van der Waals surface area contributed by atoms with Crippen LogP contribution >= 0.6 is 22.6 Å². The molecule has 0 aliphatic carbocycles. The van der Waals surface area contributed by atoms with E-state index in [1.165, 1.54) is 6.07 Å². The number of pyridine rings is 1. The highest BCUT2D eigenvalue weighted by molar-refractivity contribution is 14.1. The first-order chi connectivity index (χ1) is 4.20. The molecule has 0 bridgehead atoms. The molecule has 2 nitrogen and oxygen atoms in total. The second kappa shape index (κ2) is 2.47. The summed E-state index contributed by atoms with van der Waals surface area (Å²) in [6, 6.07) is 2.86. The summed E-state index contributed by atoms with van der Waals surface area (Å²) in [5.74, 6) is -0.288. The van der Waals surface area contributed by atoms with Gasteiger partial charge >= 0.3 is 0 Å². The summed E-state index contributed by atoms with van der Waals surface area (Å²) in [6.07, 6.45) is 0. The molecule has 1 heterocycles.